The molecule has 0 heterocycles. The van der Waals surface area contributed by atoms with Gasteiger partial charge < -0.3 is 10.4 Å². The Labute approximate surface area is 102 Å². The third kappa shape index (κ3) is 8.12. The molecule has 2 N–H and O–H groups in total. The first-order valence-electron chi connectivity index (χ1n) is 6.98. The molecular weight excluding hydrogens is 198 g/mol. The second kappa shape index (κ2) is 10.1. The van der Waals surface area contributed by atoms with Crippen LogP contribution in [0.5, 0.6) is 0 Å². The van der Waals surface area contributed by atoms with Crippen molar-refractivity contribution in [2.45, 2.75) is 65.8 Å². The maximum absolute atomic E-state index is 9.27. The summed E-state index contributed by atoms with van der Waals surface area (Å²) in [5, 5.41) is 12.8. The summed E-state index contributed by atoms with van der Waals surface area (Å²) in [5.41, 5.74) is 0. The number of hydrogen-bond donors (Lipinski definition) is 2. The van der Waals surface area contributed by atoms with Crippen LogP contribution in [-0.2, 0) is 0 Å². The molecule has 0 aliphatic carbocycles. The maximum Gasteiger partial charge on any atom is 0.0584 e. The van der Waals surface area contributed by atoms with E-state index >= 15 is 0 Å². The fourth-order valence-electron chi connectivity index (χ4n) is 2.07. The van der Waals surface area contributed by atoms with Crippen LogP contribution in [0.2, 0.25) is 0 Å². The number of aliphatic hydroxyl groups excluding tert-OH is 1. The Kier molecular flexibility index (Phi) is 10.0. The third-order valence-corrected chi connectivity index (χ3v) is 3.21. The Balaban J connectivity index is 3.78. The molecule has 0 saturated carbocycles. The van der Waals surface area contributed by atoms with E-state index in [4.69, 9.17) is 0 Å². The predicted octanol–water partition coefficient (Wildman–Crippen LogP) is 3.20. The Morgan fingerprint density at radius 1 is 1.19 bits per heavy atom. The molecule has 0 amide bonds. The first-order valence-corrected chi connectivity index (χ1v) is 6.98. The Morgan fingerprint density at radius 3 is 2.31 bits per heavy atom. The summed E-state index contributed by atoms with van der Waals surface area (Å²) in [7, 11) is 0. The van der Waals surface area contributed by atoms with Gasteiger partial charge in [0.25, 0.3) is 0 Å². The van der Waals surface area contributed by atoms with Crippen LogP contribution in [0.25, 0.3) is 0 Å². The van der Waals surface area contributed by atoms with E-state index in [0.717, 1.165) is 18.9 Å². The number of unbranched alkanes of at least 4 members (excludes halogenated alkanes) is 1. The molecule has 98 valence electrons. The van der Waals surface area contributed by atoms with Gasteiger partial charge in [0.15, 0.2) is 0 Å². The molecule has 0 spiro atoms. The minimum atomic E-state index is 0.266. The van der Waals surface area contributed by atoms with Crippen molar-refractivity contribution in [1.29, 1.82) is 0 Å². The largest absolute Gasteiger partial charge is 0.395 e. The molecule has 0 aromatic heterocycles. The maximum atomic E-state index is 9.27. The van der Waals surface area contributed by atoms with Crippen molar-refractivity contribution in [1.82, 2.24) is 5.32 Å². The topological polar surface area (TPSA) is 32.3 Å². The minimum absolute atomic E-state index is 0.266. The zero-order valence-electron chi connectivity index (χ0n) is 11.6. The van der Waals surface area contributed by atoms with Gasteiger partial charge in [0, 0.05) is 6.04 Å². The average Bonchev–Trinajstić information content (AvgIpc) is 2.27. The molecule has 2 nitrogen and oxygen atoms in total. The predicted molar refractivity (Wildman–Crippen MR) is 71.6 cm³/mol. The van der Waals surface area contributed by atoms with Crippen LogP contribution in [0.1, 0.15) is 59.8 Å². The molecule has 0 saturated heterocycles. The molecule has 0 radical (unpaired) electrons. The van der Waals surface area contributed by atoms with Crippen molar-refractivity contribution in [2.75, 3.05) is 13.2 Å². The van der Waals surface area contributed by atoms with Crippen molar-refractivity contribution in [3.63, 3.8) is 0 Å². The fraction of sp³-hybridized carbons (Fsp3) is 1.00. The summed E-state index contributed by atoms with van der Waals surface area (Å²) >= 11 is 0. The van der Waals surface area contributed by atoms with Crippen LogP contribution >= 0.6 is 0 Å². The minimum Gasteiger partial charge on any atom is -0.395 e. The zero-order valence-corrected chi connectivity index (χ0v) is 11.6. The molecule has 16 heavy (non-hydrogen) atoms. The summed E-state index contributed by atoms with van der Waals surface area (Å²) in [6.07, 6.45) is 6.24. The van der Waals surface area contributed by atoms with Gasteiger partial charge in [-0.05, 0) is 31.2 Å². The molecular formula is C14H31NO. The van der Waals surface area contributed by atoms with Crippen LogP contribution in [0.3, 0.4) is 0 Å². The lowest BCUT2D eigenvalue weighted by Gasteiger charge is -2.22. The fourth-order valence-corrected chi connectivity index (χ4v) is 2.07. The average molecular weight is 229 g/mol. The van der Waals surface area contributed by atoms with Gasteiger partial charge in [-0.3, -0.25) is 0 Å². The second-order valence-corrected chi connectivity index (χ2v) is 5.33. The number of aliphatic hydroxyl groups is 1. The molecule has 0 aliphatic rings. The van der Waals surface area contributed by atoms with Gasteiger partial charge in [0.2, 0.25) is 0 Å². The van der Waals surface area contributed by atoms with Crippen LogP contribution in [0, 0.1) is 11.8 Å². The lowest BCUT2D eigenvalue weighted by atomic mass is 9.98. The van der Waals surface area contributed by atoms with E-state index in [2.05, 4.69) is 33.0 Å². The van der Waals surface area contributed by atoms with E-state index in [1.54, 1.807) is 0 Å². The third-order valence-electron chi connectivity index (χ3n) is 3.21. The summed E-state index contributed by atoms with van der Waals surface area (Å²) in [6, 6.07) is 0.288. The van der Waals surface area contributed by atoms with E-state index in [1.807, 2.05) is 0 Å². The van der Waals surface area contributed by atoms with E-state index in [0.29, 0.717) is 5.92 Å². The van der Waals surface area contributed by atoms with Gasteiger partial charge in [-0.2, -0.15) is 0 Å². The monoisotopic (exact) mass is 229 g/mol. The lowest BCUT2D eigenvalue weighted by molar-refractivity contribution is 0.217. The Bertz CT molecular complexity index is 148. The van der Waals surface area contributed by atoms with Crippen LogP contribution in [-0.4, -0.2) is 24.3 Å². The Hall–Kier alpha value is -0.0800. The SMILES string of the molecule is CCCCC(CC)CNC(CO)CC(C)C. The quantitative estimate of drug-likeness (QED) is 0.603. The van der Waals surface area contributed by atoms with E-state index in [-0.39, 0.29) is 12.6 Å². The first kappa shape index (κ1) is 15.9. The normalized spacial score (nSPS) is 15.4. The van der Waals surface area contributed by atoms with Gasteiger partial charge >= 0.3 is 0 Å². The lowest BCUT2D eigenvalue weighted by Crippen LogP contribution is -2.37. The number of hydrogen-bond acceptors (Lipinski definition) is 2. The van der Waals surface area contributed by atoms with E-state index < -0.39 is 0 Å². The van der Waals surface area contributed by atoms with E-state index in [1.165, 1.54) is 25.7 Å². The molecule has 0 bridgehead atoms. The Morgan fingerprint density at radius 2 is 1.88 bits per heavy atom. The number of nitrogens with one attached hydrogen (secondary N) is 1. The van der Waals surface area contributed by atoms with Gasteiger partial charge in [-0.1, -0.05) is 47.0 Å². The molecule has 0 aromatic carbocycles. The molecule has 2 unspecified atom stereocenters. The van der Waals surface area contributed by atoms with Crippen molar-refractivity contribution in [2.24, 2.45) is 11.8 Å². The summed E-state index contributed by atoms with van der Waals surface area (Å²) in [4.78, 5) is 0. The van der Waals surface area contributed by atoms with E-state index in [9.17, 15) is 5.11 Å². The highest BCUT2D eigenvalue weighted by Crippen LogP contribution is 2.12. The smallest absolute Gasteiger partial charge is 0.0584 e. The highest BCUT2D eigenvalue weighted by Gasteiger charge is 2.12. The van der Waals surface area contributed by atoms with Gasteiger partial charge in [0.1, 0.15) is 0 Å². The molecule has 0 aliphatic heterocycles. The second-order valence-electron chi connectivity index (χ2n) is 5.33. The molecule has 2 heteroatoms. The summed E-state index contributed by atoms with van der Waals surface area (Å²) in [6.45, 7) is 10.3. The first-order chi connectivity index (χ1) is 7.63. The van der Waals surface area contributed by atoms with Crippen molar-refractivity contribution >= 4 is 0 Å². The summed E-state index contributed by atoms with van der Waals surface area (Å²) < 4.78 is 0. The zero-order chi connectivity index (χ0) is 12.4. The van der Waals surface area contributed by atoms with Crippen molar-refractivity contribution < 1.29 is 5.11 Å². The van der Waals surface area contributed by atoms with Gasteiger partial charge in [-0.25, -0.2) is 0 Å². The standard InChI is InChI=1S/C14H31NO/c1-5-7-8-13(6-2)10-15-14(11-16)9-12(3)4/h12-16H,5-11H2,1-4H3. The summed E-state index contributed by atoms with van der Waals surface area (Å²) in [5.74, 6) is 1.43. The van der Waals surface area contributed by atoms with Crippen molar-refractivity contribution in [3.05, 3.63) is 0 Å². The van der Waals surface area contributed by atoms with Crippen molar-refractivity contribution in [3.8, 4) is 0 Å². The molecule has 0 aromatic rings. The molecule has 0 fully saturated rings. The number of rotatable bonds is 10. The molecule has 0 rings (SSSR count). The van der Waals surface area contributed by atoms with Gasteiger partial charge in [0.05, 0.1) is 6.61 Å². The highest BCUT2D eigenvalue weighted by molar-refractivity contribution is 4.70. The van der Waals surface area contributed by atoms with Crippen LogP contribution in [0.15, 0.2) is 0 Å². The molecule has 2 atom stereocenters. The highest BCUT2D eigenvalue weighted by atomic mass is 16.3. The van der Waals surface area contributed by atoms with Crippen LogP contribution < -0.4 is 5.32 Å². The van der Waals surface area contributed by atoms with Crippen LogP contribution in [0.4, 0.5) is 0 Å². The van der Waals surface area contributed by atoms with Gasteiger partial charge in [-0.15, -0.1) is 0 Å².